The summed E-state index contributed by atoms with van der Waals surface area (Å²) < 4.78 is 37.0. The lowest BCUT2D eigenvalue weighted by Gasteiger charge is -2.39. The topological polar surface area (TPSA) is 134 Å². The van der Waals surface area contributed by atoms with E-state index in [1.54, 1.807) is 7.05 Å². The summed E-state index contributed by atoms with van der Waals surface area (Å²) in [6.07, 6.45) is 0.608. The standard InChI is InChI=1S/C25H34N6O5S/c1-16-14-30(9-10-31(16)37(5,33)34)23-12-22(24-17(2)29-36-18(24)3)27-25(28-23)19-7-6-8-21(11-19)35-15-20(32)13-26-4/h6-8,11-12,16,20,26,32H,9-10,13-15H2,1-5H3/t16-,20?/m0/s1. The molecule has 1 fully saturated rings. The van der Waals surface area contributed by atoms with E-state index in [2.05, 4.69) is 15.4 Å². The van der Waals surface area contributed by atoms with Crippen molar-refractivity contribution in [3.05, 3.63) is 41.8 Å². The smallest absolute Gasteiger partial charge is 0.211 e. The van der Waals surface area contributed by atoms with Gasteiger partial charge in [0.1, 0.15) is 30.0 Å². The lowest BCUT2D eigenvalue weighted by Crippen LogP contribution is -2.53. The molecule has 2 N–H and O–H groups in total. The molecule has 3 heterocycles. The summed E-state index contributed by atoms with van der Waals surface area (Å²) in [4.78, 5) is 11.8. The number of hydrogen-bond acceptors (Lipinski definition) is 10. The maximum atomic E-state index is 12.2. The van der Waals surface area contributed by atoms with Crippen LogP contribution in [0.5, 0.6) is 5.75 Å². The number of hydrogen-bond donors (Lipinski definition) is 2. The van der Waals surface area contributed by atoms with Crippen LogP contribution in [-0.2, 0) is 10.0 Å². The van der Waals surface area contributed by atoms with E-state index in [0.29, 0.717) is 55.0 Å². The molecular weight excluding hydrogens is 496 g/mol. The third-order valence-electron chi connectivity index (χ3n) is 6.29. The average Bonchev–Trinajstić information content (AvgIpc) is 3.19. The van der Waals surface area contributed by atoms with Crippen molar-refractivity contribution in [1.29, 1.82) is 0 Å². The Hall–Kier alpha value is -3.06. The van der Waals surface area contributed by atoms with Gasteiger partial charge in [-0.25, -0.2) is 18.4 Å². The highest BCUT2D eigenvalue weighted by atomic mass is 32.2. The van der Waals surface area contributed by atoms with Crippen LogP contribution in [-0.4, -0.2) is 91.2 Å². The van der Waals surface area contributed by atoms with Crippen molar-refractivity contribution < 1.29 is 22.8 Å². The second-order valence-electron chi connectivity index (χ2n) is 9.35. The van der Waals surface area contributed by atoms with Crippen LogP contribution in [0.15, 0.2) is 34.9 Å². The summed E-state index contributed by atoms with van der Waals surface area (Å²) in [6, 6.07) is 9.11. The maximum absolute atomic E-state index is 12.2. The van der Waals surface area contributed by atoms with Crippen molar-refractivity contribution in [2.45, 2.75) is 32.9 Å². The molecule has 37 heavy (non-hydrogen) atoms. The number of aromatic nitrogens is 3. The molecule has 11 nitrogen and oxygen atoms in total. The monoisotopic (exact) mass is 530 g/mol. The minimum Gasteiger partial charge on any atom is -0.491 e. The maximum Gasteiger partial charge on any atom is 0.211 e. The second-order valence-corrected chi connectivity index (χ2v) is 11.3. The van der Waals surface area contributed by atoms with Gasteiger partial charge < -0.3 is 24.6 Å². The molecule has 0 bridgehead atoms. The number of likely N-dealkylation sites (N-methyl/N-ethyl adjacent to an activating group) is 1. The number of piperazine rings is 1. The third-order valence-corrected chi connectivity index (χ3v) is 7.69. The van der Waals surface area contributed by atoms with Gasteiger partial charge in [0.2, 0.25) is 10.0 Å². The number of nitrogens with one attached hydrogen (secondary N) is 1. The highest BCUT2D eigenvalue weighted by molar-refractivity contribution is 7.88. The third kappa shape index (κ3) is 6.27. The zero-order valence-corrected chi connectivity index (χ0v) is 22.6. The van der Waals surface area contributed by atoms with Crippen LogP contribution >= 0.6 is 0 Å². The van der Waals surface area contributed by atoms with E-state index in [0.717, 1.165) is 16.8 Å². The van der Waals surface area contributed by atoms with Crippen LogP contribution < -0.4 is 15.0 Å². The summed E-state index contributed by atoms with van der Waals surface area (Å²) in [5.41, 5.74) is 2.94. The van der Waals surface area contributed by atoms with Crippen LogP contribution in [0.4, 0.5) is 5.82 Å². The van der Waals surface area contributed by atoms with E-state index in [9.17, 15) is 13.5 Å². The average molecular weight is 531 g/mol. The lowest BCUT2D eigenvalue weighted by atomic mass is 10.1. The van der Waals surface area contributed by atoms with E-state index >= 15 is 0 Å². The number of benzene rings is 1. The van der Waals surface area contributed by atoms with E-state index in [1.807, 2.05) is 51.1 Å². The Morgan fingerprint density at radius 3 is 2.68 bits per heavy atom. The van der Waals surface area contributed by atoms with Gasteiger partial charge in [-0.15, -0.1) is 0 Å². The van der Waals surface area contributed by atoms with Gasteiger partial charge in [0, 0.05) is 43.9 Å². The predicted octanol–water partition coefficient (Wildman–Crippen LogP) is 1.84. The summed E-state index contributed by atoms with van der Waals surface area (Å²) in [5, 5.41) is 17.0. The Balaban J connectivity index is 1.70. The van der Waals surface area contributed by atoms with Crippen LogP contribution in [0, 0.1) is 13.8 Å². The zero-order chi connectivity index (χ0) is 26.7. The zero-order valence-electron chi connectivity index (χ0n) is 21.8. The van der Waals surface area contributed by atoms with Gasteiger partial charge >= 0.3 is 0 Å². The molecule has 1 aliphatic heterocycles. The fourth-order valence-electron chi connectivity index (χ4n) is 4.56. The highest BCUT2D eigenvalue weighted by Gasteiger charge is 2.31. The number of ether oxygens (including phenoxy) is 1. The molecule has 3 aromatic rings. The first-order valence-corrected chi connectivity index (χ1v) is 14.0. The van der Waals surface area contributed by atoms with E-state index in [4.69, 9.17) is 19.2 Å². The molecule has 12 heteroatoms. The van der Waals surface area contributed by atoms with Crippen LogP contribution in [0.2, 0.25) is 0 Å². The normalized spacial score (nSPS) is 17.7. The number of aryl methyl sites for hydroxylation is 2. The molecule has 2 aromatic heterocycles. The molecule has 0 spiro atoms. The predicted molar refractivity (Wildman–Crippen MR) is 141 cm³/mol. The van der Waals surface area contributed by atoms with Gasteiger partial charge in [-0.2, -0.15) is 4.31 Å². The van der Waals surface area contributed by atoms with Crippen molar-refractivity contribution in [2.75, 3.05) is 51.0 Å². The minimum atomic E-state index is -3.29. The van der Waals surface area contributed by atoms with Crippen molar-refractivity contribution in [1.82, 2.24) is 24.7 Å². The first kappa shape index (κ1) is 27.0. The first-order chi connectivity index (χ1) is 17.6. The van der Waals surface area contributed by atoms with E-state index < -0.39 is 16.1 Å². The largest absolute Gasteiger partial charge is 0.491 e. The number of rotatable bonds is 9. The Labute approximate surface area is 217 Å². The Morgan fingerprint density at radius 1 is 1.24 bits per heavy atom. The minimum absolute atomic E-state index is 0.151. The molecular formula is C25H34N6O5S. The Kier molecular flexibility index (Phi) is 8.12. The Bertz CT molecular complexity index is 1330. The molecule has 1 unspecified atom stereocenters. The lowest BCUT2D eigenvalue weighted by molar-refractivity contribution is 0.108. The van der Waals surface area contributed by atoms with Crippen LogP contribution in [0.1, 0.15) is 18.4 Å². The van der Waals surface area contributed by atoms with E-state index in [1.165, 1.54) is 10.6 Å². The van der Waals surface area contributed by atoms with Crippen molar-refractivity contribution in [3.8, 4) is 28.4 Å². The van der Waals surface area contributed by atoms with Crippen molar-refractivity contribution >= 4 is 15.8 Å². The number of anilines is 1. The van der Waals surface area contributed by atoms with Gasteiger partial charge in [-0.05, 0) is 40.0 Å². The SMILES string of the molecule is CNCC(O)COc1cccc(-c2nc(-c3c(C)noc3C)cc(N3CCN(S(C)(=O)=O)[C@@H](C)C3)n2)c1. The van der Waals surface area contributed by atoms with E-state index in [-0.39, 0.29) is 12.6 Å². The summed E-state index contributed by atoms with van der Waals surface area (Å²) >= 11 is 0. The van der Waals surface area contributed by atoms with Crippen LogP contribution in [0.3, 0.4) is 0 Å². The molecule has 1 aromatic carbocycles. The Morgan fingerprint density at radius 2 is 2.03 bits per heavy atom. The quantitative estimate of drug-likeness (QED) is 0.422. The molecule has 4 rings (SSSR count). The summed E-state index contributed by atoms with van der Waals surface area (Å²) in [6.45, 7) is 7.55. The molecule has 2 atom stereocenters. The van der Waals surface area contributed by atoms with Gasteiger partial charge in [0.05, 0.1) is 23.2 Å². The number of aliphatic hydroxyl groups is 1. The van der Waals surface area contributed by atoms with Gasteiger partial charge in [0.25, 0.3) is 0 Å². The fraction of sp³-hybridized carbons (Fsp3) is 0.480. The fourth-order valence-corrected chi connectivity index (χ4v) is 5.69. The molecule has 0 amide bonds. The summed E-state index contributed by atoms with van der Waals surface area (Å²) in [5.74, 6) is 2.43. The number of nitrogens with zero attached hydrogens (tertiary/aromatic N) is 5. The van der Waals surface area contributed by atoms with Gasteiger partial charge in [-0.1, -0.05) is 17.3 Å². The number of sulfonamides is 1. The second kappa shape index (κ2) is 11.1. The molecule has 200 valence electrons. The van der Waals surface area contributed by atoms with Gasteiger partial charge in [-0.3, -0.25) is 0 Å². The van der Waals surface area contributed by atoms with Crippen molar-refractivity contribution in [2.24, 2.45) is 0 Å². The molecule has 0 saturated carbocycles. The highest BCUT2D eigenvalue weighted by Crippen LogP contribution is 2.32. The van der Waals surface area contributed by atoms with Crippen molar-refractivity contribution in [3.63, 3.8) is 0 Å². The van der Waals surface area contributed by atoms with Gasteiger partial charge in [0.15, 0.2) is 5.82 Å². The first-order valence-electron chi connectivity index (χ1n) is 12.2. The summed E-state index contributed by atoms with van der Waals surface area (Å²) in [7, 11) is -1.52. The molecule has 0 aliphatic carbocycles. The van der Waals surface area contributed by atoms with Crippen LogP contribution in [0.25, 0.3) is 22.6 Å². The molecule has 1 aliphatic rings. The number of aliphatic hydroxyl groups excluding tert-OH is 1. The molecule has 1 saturated heterocycles. The molecule has 0 radical (unpaired) electrons.